The zero-order valence-electron chi connectivity index (χ0n) is 19.3. The van der Waals surface area contributed by atoms with Crippen LogP contribution in [-0.2, 0) is 19.4 Å². The van der Waals surface area contributed by atoms with E-state index in [2.05, 4.69) is 0 Å². The molecule has 0 atom stereocenters. The van der Waals surface area contributed by atoms with E-state index in [0.717, 1.165) is 0 Å². The third-order valence-corrected chi connectivity index (χ3v) is 4.38. The molecule has 0 spiro atoms. The van der Waals surface area contributed by atoms with Crippen LogP contribution in [0.5, 0.6) is 0 Å². The minimum Gasteiger partial charge on any atom is -0.218 e. The normalized spacial score (nSPS) is 12.2. The molecule has 0 unspecified atom stereocenters. The smallest absolute Gasteiger partial charge is 0.218 e. The quantitative estimate of drug-likeness (QED) is 0.328. The second kappa shape index (κ2) is 12.9. The molecule has 170 valence electrons. The van der Waals surface area contributed by atoms with Gasteiger partial charge in [-0.15, -0.1) is 0 Å². The number of hydroxylamine groups is 8. The maximum absolute atomic E-state index is 13.2. The van der Waals surface area contributed by atoms with Crippen LogP contribution in [0.3, 0.4) is 0 Å². The summed E-state index contributed by atoms with van der Waals surface area (Å²) in [6.07, 6.45) is 1.42. The lowest BCUT2D eigenvalue weighted by Crippen LogP contribution is -2.53. The Balaban J connectivity index is 3.24. The highest BCUT2D eigenvalue weighted by Gasteiger charge is 2.44. The van der Waals surface area contributed by atoms with E-state index < -0.39 is 9.62 Å². The molecule has 30 heavy (non-hydrogen) atoms. The first-order chi connectivity index (χ1) is 14.4. The van der Waals surface area contributed by atoms with Gasteiger partial charge >= 0.3 is 11.8 Å². The number of carbonyl (C=O) groups is 2. The molecule has 0 aliphatic heterocycles. The van der Waals surface area contributed by atoms with Gasteiger partial charge in [-0.3, -0.25) is 0 Å². The van der Waals surface area contributed by atoms with Crippen molar-refractivity contribution in [2.24, 2.45) is 0 Å². The molecule has 1 aromatic carbocycles. The Morgan fingerprint density at radius 1 is 0.600 bits per heavy atom. The molecule has 0 radical (unpaired) electrons. The molecule has 8 nitrogen and oxygen atoms in total. The molecule has 1 rings (SSSR count). The summed E-state index contributed by atoms with van der Waals surface area (Å²) in [6, 6.07) is 6.48. The van der Waals surface area contributed by atoms with Crippen molar-refractivity contribution in [1.82, 2.24) is 0 Å². The maximum atomic E-state index is 13.2. The van der Waals surface area contributed by atoms with Crippen molar-refractivity contribution in [3.63, 3.8) is 0 Å². The van der Waals surface area contributed by atoms with E-state index in [-0.39, 0.29) is 11.8 Å². The van der Waals surface area contributed by atoms with Gasteiger partial charge < -0.3 is 0 Å². The van der Waals surface area contributed by atoms with Crippen LogP contribution in [0.4, 0.5) is 0 Å². The predicted octanol–water partition coefficient (Wildman–Crippen LogP) is 4.23. The summed E-state index contributed by atoms with van der Waals surface area (Å²) in [7, 11) is 0. The van der Waals surface area contributed by atoms with Gasteiger partial charge in [-0.1, -0.05) is 13.8 Å². The first kappa shape index (κ1) is 26.4. The third-order valence-electron chi connectivity index (χ3n) is 4.38. The Kier molecular flexibility index (Phi) is 11.3. The molecular formula is C22H38N2O6+2. The highest BCUT2D eigenvalue weighted by atomic mass is 17.0. The van der Waals surface area contributed by atoms with E-state index in [1.54, 1.807) is 24.3 Å². The van der Waals surface area contributed by atoms with Crippen LogP contribution >= 0.6 is 0 Å². The minimum absolute atomic E-state index is 0.302. The first-order valence-corrected chi connectivity index (χ1v) is 10.9. The second-order valence-corrected chi connectivity index (χ2v) is 6.65. The van der Waals surface area contributed by atoms with Crippen LogP contribution < -0.4 is 0 Å². The number of rotatable bonds is 14. The zero-order valence-corrected chi connectivity index (χ0v) is 19.3. The van der Waals surface area contributed by atoms with Gasteiger partial charge in [0.05, 0.1) is 11.1 Å². The molecule has 0 saturated carbocycles. The van der Waals surface area contributed by atoms with Crippen molar-refractivity contribution in [2.75, 3.05) is 39.5 Å². The number of hydrogen-bond donors (Lipinski definition) is 0. The molecule has 0 saturated heterocycles. The van der Waals surface area contributed by atoms with E-state index in [1.165, 1.54) is 0 Å². The highest BCUT2D eigenvalue weighted by Crippen LogP contribution is 2.22. The molecule has 8 heteroatoms. The van der Waals surface area contributed by atoms with Crippen LogP contribution in [0, 0.1) is 0 Å². The Hall–Kier alpha value is -1.68. The van der Waals surface area contributed by atoms with E-state index in [1.807, 2.05) is 41.5 Å². The fraction of sp³-hybridized carbons (Fsp3) is 0.636. The summed E-state index contributed by atoms with van der Waals surface area (Å²) in [5.74, 6) is -0.605. The zero-order chi connectivity index (χ0) is 22.6. The van der Waals surface area contributed by atoms with E-state index in [4.69, 9.17) is 19.4 Å². The highest BCUT2D eigenvalue weighted by molar-refractivity contribution is 5.92. The largest absolute Gasteiger partial charge is 0.411 e. The van der Waals surface area contributed by atoms with Crippen LogP contribution in [0.15, 0.2) is 24.3 Å². The number of amides is 2. The number of hydrogen-bond acceptors (Lipinski definition) is 6. The number of carbonyl (C=O) groups excluding carboxylic acids is 2. The van der Waals surface area contributed by atoms with Gasteiger partial charge in [0, 0.05) is 22.5 Å². The van der Waals surface area contributed by atoms with E-state index >= 15 is 0 Å². The average molecular weight is 427 g/mol. The molecule has 0 heterocycles. The van der Waals surface area contributed by atoms with Gasteiger partial charge in [0.2, 0.25) is 0 Å². The lowest BCUT2D eigenvalue weighted by molar-refractivity contribution is -1.19. The van der Waals surface area contributed by atoms with E-state index in [9.17, 15) is 9.59 Å². The molecular weight excluding hydrogens is 388 g/mol. The first-order valence-electron chi connectivity index (χ1n) is 10.9. The fourth-order valence-electron chi connectivity index (χ4n) is 3.34. The lowest BCUT2D eigenvalue weighted by atomic mass is 10.1. The Bertz CT molecular complexity index is 571. The van der Waals surface area contributed by atoms with Crippen LogP contribution in [-0.4, -0.2) is 61.0 Å². The van der Waals surface area contributed by atoms with Crippen LogP contribution in [0.25, 0.3) is 0 Å². The maximum Gasteiger partial charge on any atom is 0.411 e. The Morgan fingerprint density at radius 2 is 0.867 bits per heavy atom. The van der Waals surface area contributed by atoms with Gasteiger partial charge in [-0.2, -0.15) is 19.4 Å². The number of quaternary nitrogens is 2. The van der Waals surface area contributed by atoms with Crippen molar-refractivity contribution in [3.05, 3.63) is 35.4 Å². The second-order valence-electron chi connectivity index (χ2n) is 6.65. The summed E-state index contributed by atoms with van der Waals surface area (Å²) in [5, 5.41) is 0. The van der Waals surface area contributed by atoms with Crippen molar-refractivity contribution in [1.29, 1.82) is 0 Å². The van der Waals surface area contributed by atoms with Crippen molar-refractivity contribution < 1.29 is 38.6 Å². The lowest BCUT2D eigenvalue weighted by Gasteiger charge is -2.29. The summed E-state index contributed by atoms with van der Waals surface area (Å²) < 4.78 is 0. The molecule has 0 fully saturated rings. The van der Waals surface area contributed by atoms with Gasteiger partial charge in [0.1, 0.15) is 26.4 Å². The average Bonchev–Trinajstić information content (AvgIpc) is 2.74. The summed E-state index contributed by atoms with van der Waals surface area (Å²) in [6.45, 7) is 13.4. The number of nitrogens with zero attached hydrogens (tertiary/aromatic N) is 2. The SMILES string of the molecule is CCC[N+](OCC)(OCC)C(=O)c1ccc(C(=O)[N+](CCC)(OCC)OCC)cc1. The molecule has 0 N–H and O–H groups in total. The van der Waals surface area contributed by atoms with Crippen molar-refractivity contribution >= 4 is 11.8 Å². The molecule has 1 aromatic rings. The summed E-state index contributed by atoms with van der Waals surface area (Å²) in [4.78, 5) is 48.2. The predicted molar refractivity (Wildman–Crippen MR) is 112 cm³/mol. The van der Waals surface area contributed by atoms with Gasteiger partial charge in [-0.25, -0.2) is 9.59 Å². The Morgan fingerprint density at radius 3 is 1.07 bits per heavy atom. The van der Waals surface area contributed by atoms with Crippen molar-refractivity contribution in [2.45, 2.75) is 54.4 Å². The van der Waals surface area contributed by atoms with Crippen molar-refractivity contribution in [3.8, 4) is 0 Å². The van der Waals surface area contributed by atoms with Gasteiger partial charge in [-0.05, 0) is 52.0 Å². The topological polar surface area (TPSA) is 71.1 Å². The monoisotopic (exact) mass is 426 g/mol. The minimum atomic E-state index is -0.523. The standard InChI is InChI=1S/C22H38N2O6/c1-7-17-23(27-9-3,28-10-4)21(25)19-13-15-20(16-14-19)22(26)24(18-8-2,29-11-5)30-12-6/h13-16H,7-12,17-18H2,1-6H3/q+2. The summed E-state index contributed by atoms with van der Waals surface area (Å²) >= 11 is 0. The van der Waals surface area contributed by atoms with Crippen LogP contribution in [0.1, 0.15) is 75.1 Å². The van der Waals surface area contributed by atoms with Gasteiger partial charge in [0.25, 0.3) is 0 Å². The third kappa shape index (κ3) is 6.16. The molecule has 2 amide bonds. The number of benzene rings is 1. The molecule has 0 aliphatic rings. The molecule has 0 aliphatic carbocycles. The fourth-order valence-corrected chi connectivity index (χ4v) is 3.34. The summed E-state index contributed by atoms with van der Waals surface area (Å²) in [5.41, 5.74) is 0.812. The van der Waals surface area contributed by atoms with Gasteiger partial charge in [0.15, 0.2) is 13.1 Å². The molecule has 0 bridgehead atoms. The van der Waals surface area contributed by atoms with E-state index in [0.29, 0.717) is 63.5 Å². The molecule has 0 aromatic heterocycles. The Labute approximate surface area is 180 Å². The van der Waals surface area contributed by atoms with Crippen LogP contribution in [0.2, 0.25) is 0 Å².